The zero-order valence-corrected chi connectivity index (χ0v) is 14.6. The largest absolute Gasteiger partial charge is 0.355 e. The van der Waals surface area contributed by atoms with E-state index < -0.39 is 0 Å². The van der Waals surface area contributed by atoms with Crippen LogP contribution in [0.1, 0.15) is 29.7 Å². The third-order valence-corrected chi connectivity index (χ3v) is 5.79. The molecule has 0 radical (unpaired) electrons. The highest BCUT2D eigenvalue weighted by molar-refractivity contribution is 7.18. The molecule has 0 bridgehead atoms. The van der Waals surface area contributed by atoms with Crippen molar-refractivity contribution in [3.8, 4) is 0 Å². The normalized spacial score (nSPS) is 14.0. The maximum absolute atomic E-state index is 12.8. The summed E-state index contributed by atoms with van der Waals surface area (Å²) in [6, 6.07) is 1.92. The van der Waals surface area contributed by atoms with Crippen LogP contribution in [0.25, 0.3) is 10.2 Å². The van der Waals surface area contributed by atoms with E-state index >= 15 is 0 Å². The lowest BCUT2D eigenvalue weighted by molar-refractivity contribution is 0.590. The van der Waals surface area contributed by atoms with Crippen molar-refractivity contribution in [2.45, 2.75) is 38.6 Å². The van der Waals surface area contributed by atoms with E-state index in [9.17, 15) is 4.79 Å². The molecule has 1 N–H and O–H groups in total. The Morgan fingerprint density at radius 1 is 1.33 bits per heavy atom. The highest BCUT2D eigenvalue weighted by Crippen LogP contribution is 2.34. The number of nitrogens with zero attached hydrogens (tertiary/aromatic N) is 4. The molecule has 4 rings (SSSR count). The molecule has 0 saturated carbocycles. The van der Waals surface area contributed by atoms with Gasteiger partial charge in [0.2, 0.25) is 5.95 Å². The van der Waals surface area contributed by atoms with Crippen molar-refractivity contribution in [2.75, 3.05) is 11.9 Å². The summed E-state index contributed by atoms with van der Waals surface area (Å²) in [7, 11) is 1.80. The van der Waals surface area contributed by atoms with Gasteiger partial charge in [0.25, 0.3) is 5.56 Å². The summed E-state index contributed by atoms with van der Waals surface area (Å²) in [5, 5.41) is 8.34. The van der Waals surface area contributed by atoms with Gasteiger partial charge in [0.15, 0.2) is 0 Å². The van der Waals surface area contributed by atoms with E-state index in [4.69, 9.17) is 4.98 Å². The van der Waals surface area contributed by atoms with Gasteiger partial charge in [-0.3, -0.25) is 14.0 Å². The van der Waals surface area contributed by atoms with Crippen LogP contribution >= 0.6 is 11.3 Å². The molecule has 3 heterocycles. The fourth-order valence-electron chi connectivity index (χ4n) is 3.32. The Morgan fingerprint density at radius 3 is 3.04 bits per heavy atom. The molecule has 0 atom stereocenters. The number of hydrogen-bond acceptors (Lipinski definition) is 5. The van der Waals surface area contributed by atoms with E-state index in [1.54, 1.807) is 29.1 Å². The van der Waals surface area contributed by atoms with Crippen LogP contribution in [0.15, 0.2) is 23.3 Å². The first-order valence-electron chi connectivity index (χ1n) is 8.46. The average Bonchev–Trinajstić information content (AvgIpc) is 3.22. The van der Waals surface area contributed by atoms with Gasteiger partial charge in [0, 0.05) is 37.4 Å². The van der Waals surface area contributed by atoms with Crippen LogP contribution in [0.4, 0.5) is 5.95 Å². The predicted molar refractivity (Wildman–Crippen MR) is 96.8 cm³/mol. The van der Waals surface area contributed by atoms with Crippen LogP contribution < -0.4 is 10.9 Å². The molecule has 0 saturated heterocycles. The molecule has 0 fully saturated rings. The quantitative estimate of drug-likeness (QED) is 0.723. The number of aryl methyl sites for hydroxylation is 3. The smallest absolute Gasteiger partial charge is 0.263 e. The van der Waals surface area contributed by atoms with Crippen molar-refractivity contribution >= 4 is 27.5 Å². The Kier molecular flexibility index (Phi) is 4.10. The van der Waals surface area contributed by atoms with Crippen molar-refractivity contribution in [3.63, 3.8) is 0 Å². The molecule has 1 aliphatic carbocycles. The molecule has 0 amide bonds. The van der Waals surface area contributed by atoms with Gasteiger partial charge in [-0.05, 0) is 43.7 Å². The van der Waals surface area contributed by atoms with Crippen LogP contribution in [0.3, 0.4) is 0 Å². The first kappa shape index (κ1) is 15.4. The molecule has 3 aromatic heterocycles. The summed E-state index contributed by atoms with van der Waals surface area (Å²) >= 11 is 1.70. The zero-order valence-electron chi connectivity index (χ0n) is 13.8. The van der Waals surface area contributed by atoms with Gasteiger partial charge in [-0.2, -0.15) is 5.10 Å². The lowest BCUT2D eigenvalue weighted by atomic mass is 9.97. The van der Waals surface area contributed by atoms with Gasteiger partial charge < -0.3 is 5.32 Å². The van der Waals surface area contributed by atoms with Crippen molar-refractivity contribution in [3.05, 3.63) is 39.3 Å². The summed E-state index contributed by atoms with van der Waals surface area (Å²) in [5.74, 6) is 0.659. The van der Waals surface area contributed by atoms with Crippen molar-refractivity contribution in [2.24, 2.45) is 7.05 Å². The third-order valence-electron chi connectivity index (χ3n) is 4.60. The van der Waals surface area contributed by atoms with Gasteiger partial charge in [-0.15, -0.1) is 11.3 Å². The summed E-state index contributed by atoms with van der Waals surface area (Å²) in [6.07, 6.45) is 9.17. The molecule has 7 heteroatoms. The molecule has 126 valence electrons. The van der Waals surface area contributed by atoms with Crippen LogP contribution in [0.5, 0.6) is 0 Å². The number of hydrogen-bond donors (Lipinski definition) is 1. The van der Waals surface area contributed by atoms with Crippen molar-refractivity contribution in [1.29, 1.82) is 0 Å². The summed E-state index contributed by atoms with van der Waals surface area (Å²) in [5.41, 5.74) is 1.33. The summed E-state index contributed by atoms with van der Waals surface area (Å²) in [6.45, 7) is 1.61. The second-order valence-electron chi connectivity index (χ2n) is 6.24. The van der Waals surface area contributed by atoms with Crippen LogP contribution in [-0.4, -0.2) is 25.9 Å². The maximum Gasteiger partial charge on any atom is 0.263 e. The number of rotatable bonds is 5. The van der Waals surface area contributed by atoms with Gasteiger partial charge in [-0.1, -0.05) is 0 Å². The average molecular weight is 343 g/mol. The summed E-state index contributed by atoms with van der Waals surface area (Å²) in [4.78, 5) is 19.7. The zero-order chi connectivity index (χ0) is 16.5. The SMILES string of the molecule is Cn1c(NCCCn2cccn2)nc2sc3c(c2c1=O)CCCC3. The van der Waals surface area contributed by atoms with Crippen LogP contribution in [0.2, 0.25) is 0 Å². The van der Waals surface area contributed by atoms with E-state index in [2.05, 4.69) is 10.4 Å². The number of fused-ring (bicyclic) bond motifs is 3. The molecule has 0 aromatic carbocycles. The standard InChI is InChI=1S/C17H21N5OS/c1-21-16(23)14-12-6-2-3-7-13(12)24-15(14)20-17(21)18-8-4-10-22-11-5-9-19-22/h5,9,11H,2-4,6-8,10H2,1H3,(H,18,20). The Bertz CT molecular complexity index is 909. The second kappa shape index (κ2) is 6.39. The molecule has 0 spiro atoms. The first-order valence-corrected chi connectivity index (χ1v) is 9.28. The fourth-order valence-corrected chi connectivity index (χ4v) is 4.57. The number of thiophene rings is 1. The van der Waals surface area contributed by atoms with E-state index in [1.807, 2.05) is 16.9 Å². The van der Waals surface area contributed by atoms with Crippen LogP contribution in [-0.2, 0) is 26.4 Å². The minimum Gasteiger partial charge on any atom is -0.355 e. The lowest BCUT2D eigenvalue weighted by Gasteiger charge is -2.12. The minimum absolute atomic E-state index is 0.0778. The molecule has 24 heavy (non-hydrogen) atoms. The molecule has 1 aliphatic rings. The van der Waals surface area contributed by atoms with Crippen LogP contribution in [0, 0.1) is 0 Å². The highest BCUT2D eigenvalue weighted by atomic mass is 32.1. The molecule has 6 nitrogen and oxygen atoms in total. The first-order chi connectivity index (χ1) is 11.7. The van der Waals surface area contributed by atoms with E-state index in [-0.39, 0.29) is 5.56 Å². The maximum atomic E-state index is 12.8. The monoisotopic (exact) mass is 343 g/mol. The molecular formula is C17H21N5OS. The Morgan fingerprint density at radius 2 is 2.21 bits per heavy atom. The Labute approximate surface area is 144 Å². The second-order valence-corrected chi connectivity index (χ2v) is 7.32. The van der Waals surface area contributed by atoms with E-state index in [1.165, 1.54) is 23.3 Å². The third kappa shape index (κ3) is 2.73. The predicted octanol–water partition coefficient (Wildman–Crippen LogP) is 2.57. The highest BCUT2D eigenvalue weighted by Gasteiger charge is 2.20. The topological polar surface area (TPSA) is 64.7 Å². The van der Waals surface area contributed by atoms with E-state index in [0.29, 0.717) is 5.95 Å². The van der Waals surface area contributed by atoms with Gasteiger partial charge in [0.1, 0.15) is 4.83 Å². The number of aromatic nitrogens is 4. The number of nitrogens with one attached hydrogen (secondary N) is 1. The summed E-state index contributed by atoms with van der Waals surface area (Å²) < 4.78 is 3.56. The van der Waals surface area contributed by atoms with Gasteiger partial charge in [-0.25, -0.2) is 4.98 Å². The van der Waals surface area contributed by atoms with Crippen molar-refractivity contribution in [1.82, 2.24) is 19.3 Å². The lowest BCUT2D eigenvalue weighted by Crippen LogP contribution is -2.23. The molecular weight excluding hydrogens is 322 g/mol. The molecule has 0 unspecified atom stereocenters. The molecule has 0 aliphatic heterocycles. The van der Waals surface area contributed by atoms with Gasteiger partial charge in [0.05, 0.1) is 5.39 Å². The van der Waals surface area contributed by atoms with Gasteiger partial charge >= 0.3 is 0 Å². The minimum atomic E-state index is 0.0778. The fraction of sp³-hybridized carbons (Fsp3) is 0.471. The molecule has 3 aromatic rings. The Balaban J connectivity index is 1.55. The van der Waals surface area contributed by atoms with Crippen molar-refractivity contribution < 1.29 is 0 Å². The number of anilines is 1. The van der Waals surface area contributed by atoms with E-state index in [0.717, 1.165) is 42.6 Å². The Hall–Kier alpha value is -2.15.